The summed E-state index contributed by atoms with van der Waals surface area (Å²) in [5.41, 5.74) is -0.856. The van der Waals surface area contributed by atoms with E-state index in [1.54, 1.807) is 82.7 Å². The molecule has 0 unspecified atom stereocenters. The van der Waals surface area contributed by atoms with Gasteiger partial charge < -0.3 is 80.4 Å². The maximum atomic E-state index is 12.7. The molecule has 2 heterocycles. The van der Waals surface area contributed by atoms with Gasteiger partial charge in [-0.25, -0.2) is 28.8 Å². The van der Waals surface area contributed by atoms with E-state index >= 15 is 0 Å². The van der Waals surface area contributed by atoms with Gasteiger partial charge in [0.1, 0.15) is 24.4 Å². The zero-order chi connectivity index (χ0) is 57.5. The summed E-state index contributed by atoms with van der Waals surface area (Å²) in [6.45, 7) is 18.4. The zero-order valence-corrected chi connectivity index (χ0v) is 50.8. The fourth-order valence-corrected chi connectivity index (χ4v) is 8.89. The van der Waals surface area contributed by atoms with E-state index in [2.05, 4.69) is 31.1 Å². The van der Waals surface area contributed by atoms with Gasteiger partial charge >= 0.3 is 87.7 Å². The van der Waals surface area contributed by atoms with Crippen LogP contribution >= 0.6 is 0 Å². The SMILES string of the molecule is C.CC(=O)N[C@@H]1[C@@H](NC(=O)OC(C)(C)C)CC(C(=O)O)=C[C@H]1N1CCC[C@H](OCCOC(=O)N(C)C)C1.CCOC(=O)C1=C[C@@H](N2CCC[C@H](OCCOC(=O)N(C)C)C2)[C@H](NC(C)=O)[C@@H](NC(=O)OC(C)(C)C)C1.[K+].[NH-]O. The van der Waals surface area contributed by atoms with Crippen LogP contribution in [0.25, 0.3) is 5.90 Å². The molecule has 4 aliphatic rings. The van der Waals surface area contributed by atoms with Crippen LogP contribution in [0, 0.1) is 0 Å². The Morgan fingerprint density at radius 3 is 1.33 bits per heavy atom. The summed E-state index contributed by atoms with van der Waals surface area (Å²) in [5.74, 6) is 2.67. The minimum atomic E-state index is -1.08. The Morgan fingerprint density at radius 2 is 1.00 bits per heavy atom. The number of likely N-dealkylation sites (tertiary alicyclic amines) is 2. The fraction of sp³-hybridized carbons (Fsp3) is 0.765. The van der Waals surface area contributed by atoms with Crippen LogP contribution in [-0.2, 0) is 52.3 Å². The van der Waals surface area contributed by atoms with Gasteiger partial charge in [0.2, 0.25) is 11.8 Å². The molecule has 0 spiro atoms. The summed E-state index contributed by atoms with van der Waals surface area (Å²) < 4.78 is 38.2. The number of rotatable bonds is 17. The fourth-order valence-electron chi connectivity index (χ4n) is 8.89. The molecule has 27 heteroatoms. The third-order valence-electron chi connectivity index (χ3n) is 11.9. The predicted octanol–water partition coefficient (Wildman–Crippen LogP) is 1.24. The molecule has 26 nitrogen and oxygen atoms in total. The Hall–Kier alpha value is -4.16. The quantitative estimate of drug-likeness (QED) is 0.0392. The van der Waals surface area contributed by atoms with Crippen LogP contribution in [0.5, 0.6) is 0 Å². The molecule has 0 radical (unpaired) electrons. The number of hydrogen-bond acceptors (Lipinski definition) is 18. The molecule has 6 amide bonds. The smallest absolute Gasteiger partial charge is 0.553 e. The van der Waals surface area contributed by atoms with Crippen LogP contribution in [0.4, 0.5) is 19.2 Å². The number of carboxylic acid groups (broad SMARTS) is 1. The number of hydrogen-bond donors (Lipinski definition) is 6. The molecule has 2 fully saturated rings. The van der Waals surface area contributed by atoms with Crippen molar-refractivity contribution in [2.24, 2.45) is 0 Å². The molecule has 0 aromatic heterocycles. The van der Waals surface area contributed by atoms with Gasteiger partial charge in [-0.3, -0.25) is 19.4 Å². The van der Waals surface area contributed by atoms with Crippen molar-refractivity contribution in [1.29, 1.82) is 0 Å². The van der Waals surface area contributed by atoms with Crippen molar-refractivity contribution >= 4 is 48.1 Å². The summed E-state index contributed by atoms with van der Waals surface area (Å²) in [6.07, 6.45) is 4.48. The minimum Gasteiger partial charge on any atom is -0.553 e. The Morgan fingerprint density at radius 1 is 0.628 bits per heavy atom. The first-order valence-electron chi connectivity index (χ1n) is 25.5. The first-order chi connectivity index (χ1) is 35.6. The Kier molecular flexibility index (Phi) is 34.3. The van der Waals surface area contributed by atoms with Gasteiger partial charge in [0.25, 0.3) is 0 Å². The van der Waals surface area contributed by atoms with Gasteiger partial charge in [0.15, 0.2) is 0 Å². The molecule has 8 atom stereocenters. The maximum Gasteiger partial charge on any atom is 1.00 e. The summed E-state index contributed by atoms with van der Waals surface area (Å²) in [5, 5.41) is 27.5. The normalized spacial score (nSPS) is 23.2. The second-order valence-electron chi connectivity index (χ2n) is 21.0. The molecule has 0 saturated carbocycles. The molecule has 0 aromatic rings. The van der Waals surface area contributed by atoms with E-state index in [4.69, 9.17) is 44.3 Å². The average Bonchev–Trinajstić information content (AvgIpc) is 3.32. The number of ether oxygens (including phenoxy) is 7. The molecule has 0 aromatic carbocycles. The van der Waals surface area contributed by atoms with E-state index in [-0.39, 0.29) is 134 Å². The Labute approximate surface area is 503 Å². The van der Waals surface area contributed by atoms with E-state index in [0.29, 0.717) is 31.8 Å². The summed E-state index contributed by atoms with van der Waals surface area (Å²) in [6, 6.07) is -3.25. The summed E-state index contributed by atoms with van der Waals surface area (Å²) >= 11 is 0. The number of nitrogens with zero attached hydrogens (tertiary/aromatic N) is 4. The van der Waals surface area contributed by atoms with Gasteiger partial charge in [-0.1, -0.05) is 19.6 Å². The summed E-state index contributed by atoms with van der Waals surface area (Å²) in [4.78, 5) is 104. The topological polar surface area (TPSA) is 327 Å². The van der Waals surface area contributed by atoms with Gasteiger partial charge in [-0.05, 0) is 87.2 Å². The van der Waals surface area contributed by atoms with Crippen molar-refractivity contribution in [1.82, 2.24) is 40.9 Å². The number of aliphatic carboxylic acids is 1. The Balaban J connectivity index is 0.00000144. The van der Waals surface area contributed by atoms with Crippen molar-refractivity contribution in [2.75, 3.05) is 87.4 Å². The number of carbonyl (C=O) groups is 8. The molecule has 2 saturated heterocycles. The largest absolute Gasteiger partial charge is 1.00 e. The van der Waals surface area contributed by atoms with E-state index in [1.807, 2.05) is 6.08 Å². The monoisotopic (exact) mass is 1140 g/mol. The molecule has 0 bridgehead atoms. The predicted molar refractivity (Wildman–Crippen MR) is 283 cm³/mol. The van der Waals surface area contributed by atoms with E-state index in [1.165, 1.54) is 23.6 Å². The third kappa shape index (κ3) is 27.3. The molecule has 2 aliphatic carbocycles. The summed E-state index contributed by atoms with van der Waals surface area (Å²) in [7, 11) is 6.42. The van der Waals surface area contributed by atoms with Gasteiger partial charge in [-0.15, -0.1) is 0 Å². The molecule has 4 rings (SSSR count). The van der Waals surface area contributed by atoms with Gasteiger partial charge in [-0.2, -0.15) is 0 Å². The number of carbonyl (C=O) groups excluding carboxylic acids is 7. The molecule has 7 N–H and O–H groups in total. The molecular formula is C51H90KN9O17. The zero-order valence-electron chi connectivity index (χ0n) is 47.7. The second-order valence-corrected chi connectivity index (χ2v) is 21.0. The van der Waals surface area contributed by atoms with Crippen molar-refractivity contribution in [3.63, 3.8) is 0 Å². The molecular weight excluding hydrogens is 1050 g/mol. The van der Waals surface area contributed by atoms with Crippen molar-refractivity contribution < 1.29 is 133 Å². The maximum absolute atomic E-state index is 12.7. The number of amides is 6. The number of alkyl carbamates (subject to hydrolysis) is 2. The van der Waals surface area contributed by atoms with E-state index in [9.17, 15) is 43.5 Å². The second kappa shape index (κ2) is 36.2. The number of esters is 1. The molecule has 442 valence electrons. The van der Waals surface area contributed by atoms with Crippen LogP contribution in [0.15, 0.2) is 23.3 Å². The van der Waals surface area contributed by atoms with Crippen molar-refractivity contribution in [3.05, 3.63) is 29.2 Å². The average molecular weight is 1140 g/mol. The van der Waals surface area contributed by atoms with E-state index in [0.717, 1.165) is 25.7 Å². The molecule has 2 aliphatic heterocycles. The van der Waals surface area contributed by atoms with Crippen LogP contribution < -0.4 is 72.7 Å². The molecule has 78 heavy (non-hydrogen) atoms. The van der Waals surface area contributed by atoms with Crippen LogP contribution in [0.3, 0.4) is 0 Å². The third-order valence-corrected chi connectivity index (χ3v) is 11.9. The van der Waals surface area contributed by atoms with Crippen LogP contribution in [-0.4, -0.2) is 225 Å². The van der Waals surface area contributed by atoms with Gasteiger partial charge in [0.05, 0.1) is 68.3 Å². The first kappa shape index (κ1) is 73.8. The number of nitrogens with one attached hydrogen (secondary N) is 5. The van der Waals surface area contributed by atoms with Crippen molar-refractivity contribution in [3.8, 4) is 0 Å². The first-order valence-corrected chi connectivity index (χ1v) is 25.5. The van der Waals surface area contributed by atoms with E-state index < -0.39 is 83.8 Å². The minimum absolute atomic E-state index is 0. The van der Waals surface area contributed by atoms with Gasteiger partial charge in [0, 0.05) is 79.1 Å². The van der Waals surface area contributed by atoms with Crippen molar-refractivity contribution in [2.45, 2.75) is 168 Å². The number of piperidine rings is 2. The Bertz CT molecular complexity index is 2000. The standard InChI is InChI=1S/C26H44N4O8.C24H40N4O8.CH4.K.H2NO/c1-8-35-23(32)18-14-20(28-24(33)38-26(3,4)5)22(27-17(2)31)21(15-18)30-11-9-10-19(16-30)36-12-13-37-25(34)29(6)7;1-15(29)25-20-18(26-22(32)36-24(2,3)4)12-16(21(30)31)13-19(20)28-9-7-8-17(14-28)34-10-11-35-23(33)27(5)6;;;1-2/h15,19-22H,8-14,16H2,1-7H3,(H,27,31)(H,28,33);13,17-20H,7-12,14H2,1-6H3,(H,25,29)(H,26,32)(H,30,31);1H4;;1-2H/q;;;+1;-1/t19-,20-,21+,22+;17-,18-,19+,20+;;;/m00.../s1. The van der Waals surface area contributed by atoms with Crippen LogP contribution in [0.1, 0.15) is 108 Å². The van der Waals surface area contributed by atoms with Crippen LogP contribution in [0.2, 0.25) is 0 Å². The number of carboxylic acids is 1.